The van der Waals surface area contributed by atoms with Crippen LogP contribution in [0.4, 0.5) is 11.4 Å². The van der Waals surface area contributed by atoms with Gasteiger partial charge in [0.1, 0.15) is 11.8 Å². The number of aryl methyl sites for hydroxylation is 1. The number of carbonyl (C=O) groups excluding carboxylic acids is 1. The van der Waals surface area contributed by atoms with Gasteiger partial charge in [0.15, 0.2) is 0 Å². The normalized spacial score (nSPS) is 11.9. The molecule has 7 nitrogen and oxygen atoms in total. The lowest BCUT2D eigenvalue weighted by Crippen LogP contribution is -2.34. The van der Waals surface area contributed by atoms with Crippen LogP contribution in [-0.4, -0.2) is 28.6 Å². The van der Waals surface area contributed by atoms with Gasteiger partial charge in [-0.15, -0.1) is 0 Å². The number of nitrogens with one attached hydrogen (secondary N) is 1. The van der Waals surface area contributed by atoms with E-state index in [2.05, 4.69) is 5.32 Å². The third kappa shape index (κ3) is 3.42. The largest absolute Gasteiger partial charge is 0.381 e. The average molecular weight is 239 g/mol. The zero-order valence-corrected chi connectivity index (χ0v) is 9.21. The third-order valence-corrected chi connectivity index (χ3v) is 2.16. The Balaban J connectivity index is 2.85. The number of aliphatic hydroxyl groups excluding tert-OH is 1. The van der Waals surface area contributed by atoms with Gasteiger partial charge in [-0.2, -0.15) is 0 Å². The van der Waals surface area contributed by atoms with Crippen LogP contribution in [-0.2, 0) is 4.79 Å². The summed E-state index contributed by atoms with van der Waals surface area (Å²) in [5, 5.41) is 22.5. The van der Waals surface area contributed by atoms with Gasteiger partial charge >= 0.3 is 0 Å². The van der Waals surface area contributed by atoms with Gasteiger partial charge in [-0.05, 0) is 18.6 Å². The van der Waals surface area contributed by atoms with Crippen molar-refractivity contribution >= 4 is 17.3 Å². The molecule has 1 atom stereocenters. The van der Waals surface area contributed by atoms with Gasteiger partial charge < -0.3 is 16.2 Å². The van der Waals surface area contributed by atoms with E-state index in [1.165, 1.54) is 6.07 Å². The molecule has 0 bridgehead atoms. The van der Waals surface area contributed by atoms with E-state index in [4.69, 9.17) is 5.73 Å². The first-order valence-corrected chi connectivity index (χ1v) is 4.88. The van der Waals surface area contributed by atoms with Gasteiger partial charge in [-0.25, -0.2) is 0 Å². The second-order valence-electron chi connectivity index (χ2n) is 3.58. The minimum Gasteiger partial charge on any atom is -0.381 e. The fourth-order valence-corrected chi connectivity index (χ4v) is 1.26. The summed E-state index contributed by atoms with van der Waals surface area (Å²) >= 11 is 0. The molecule has 0 aliphatic rings. The van der Waals surface area contributed by atoms with Gasteiger partial charge in [0.05, 0.1) is 11.5 Å². The standard InChI is InChI=1S/C10H13N3O4/c1-6-2-3-8(13(16)17)7(4-6)12-5-9(14)10(11)15/h2-4,9,12,14H,5H2,1H3,(H2,11,15). The minimum absolute atomic E-state index is 0.118. The third-order valence-electron chi connectivity index (χ3n) is 2.16. The number of carbonyl (C=O) groups is 1. The lowest BCUT2D eigenvalue weighted by atomic mass is 10.2. The molecule has 0 aromatic heterocycles. The molecule has 0 fully saturated rings. The maximum Gasteiger partial charge on any atom is 0.292 e. The van der Waals surface area contributed by atoms with Gasteiger partial charge in [0, 0.05) is 6.07 Å². The summed E-state index contributed by atoms with van der Waals surface area (Å²) in [6.45, 7) is 1.61. The van der Waals surface area contributed by atoms with Crippen LogP contribution in [0.2, 0.25) is 0 Å². The summed E-state index contributed by atoms with van der Waals surface area (Å²) in [6, 6.07) is 4.52. The molecule has 1 aromatic rings. The molecule has 1 rings (SSSR count). The maximum absolute atomic E-state index is 10.7. The molecule has 0 aliphatic carbocycles. The first-order valence-electron chi connectivity index (χ1n) is 4.88. The highest BCUT2D eigenvalue weighted by Crippen LogP contribution is 2.24. The van der Waals surface area contributed by atoms with Crippen molar-refractivity contribution in [3.63, 3.8) is 0 Å². The fraction of sp³-hybridized carbons (Fsp3) is 0.300. The number of anilines is 1. The molecule has 1 aromatic carbocycles. The summed E-state index contributed by atoms with van der Waals surface area (Å²) in [7, 11) is 0. The molecular weight excluding hydrogens is 226 g/mol. The van der Waals surface area contributed by atoms with Crippen LogP contribution in [0.5, 0.6) is 0 Å². The van der Waals surface area contributed by atoms with E-state index in [0.717, 1.165) is 5.56 Å². The van der Waals surface area contributed by atoms with Crippen molar-refractivity contribution in [2.24, 2.45) is 5.73 Å². The Morgan fingerprint density at radius 3 is 2.82 bits per heavy atom. The number of nitro benzene ring substituents is 1. The van der Waals surface area contributed by atoms with Crippen molar-refractivity contribution in [3.8, 4) is 0 Å². The predicted molar refractivity (Wildman–Crippen MR) is 61.5 cm³/mol. The highest BCUT2D eigenvalue weighted by atomic mass is 16.6. The first kappa shape index (κ1) is 12.9. The highest BCUT2D eigenvalue weighted by Gasteiger charge is 2.16. The molecule has 0 radical (unpaired) electrons. The van der Waals surface area contributed by atoms with Crippen molar-refractivity contribution in [1.82, 2.24) is 0 Å². The van der Waals surface area contributed by atoms with Crippen molar-refractivity contribution in [3.05, 3.63) is 33.9 Å². The van der Waals surface area contributed by atoms with Gasteiger partial charge in [-0.3, -0.25) is 14.9 Å². The first-order chi connectivity index (χ1) is 7.91. The summed E-state index contributed by atoms with van der Waals surface area (Å²) < 4.78 is 0. The molecule has 7 heteroatoms. The van der Waals surface area contributed by atoms with Gasteiger partial charge in [0.2, 0.25) is 5.91 Å². The number of aliphatic hydroxyl groups is 1. The number of benzene rings is 1. The number of hydrogen-bond donors (Lipinski definition) is 3. The Hall–Kier alpha value is -2.15. The zero-order valence-electron chi connectivity index (χ0n) is 9.21. The molecule has 0 spiro atoms. The number of nitro groups is 1. The van der Waals surface area contributed by atoms with E-state index in [-0.39, 0.29) is 17.9 Å². The molecular formula is C10H13N3O4. The quantitative estimate of drug-likeness (QED) is 0.499. The van der Waals surface area contributed by atoms with Crippen LogP contribution in [0, 0.1) is 17.0 Å². The van der Waals surface area contributed by atoms with Gasteiger partial charge in [-0.1, -0.05) is 6.07 Å². The monoisotopic (exact) mass is 239 g/mol. The number of rotatable bonds is 5. The Morgan fingerprint density at radius 2 is 2.29 bits per heavy atom. The van der Waals surface area contributed by atoms with Crippen LogP contribution in [0.3, 0.4) is 0 Å². The molecule has 0 saturated carbocycles. The number of hydrogen-bond acceptors (Lipinski definition) is 5. The Bertz CT molecular complexity index is 447. The molecule has 17 heavy (non-hydrogen) atoms. The van der Waals surface area contributed by atoms with Gasteiger partial charge in [0.25, 0.3) is 5.69 Å². The van der Waals surface area contributed by atoms with E-state index >= 15 is 0 Å². The number of amides is 1. The molecule has 0 saturated heterocycles. The molecule has 0 heterocycles. The van der Waals surface area contributed by atoms with E-state index in [1.807, 2.05) is 0 Å². The van der Waals surface area contributed by atoms with E-state index in [0.29, 0.717) is 0 Å². The molecule has 0 aliphatic heterocycles. The number of primary amides is 1. The summed E-state index contributed by atoms with van der Waals surface area (Å²) in [5.74, 6) is -0.882. The summed E-state index contributed by atoms with van der Waals surface area (Å²) in [4.78, 5) is 20.8. The average Bonchev–Trinajstić information content (AvgIpc) is 2.25. The number of nitrogens with two attached hydrogens (primary N) is 1. The van der Waals surface area contributed by atoms with E-state index in [1.54, 1.807) is 19.1 Å². The SMILES string of the molecule is Cc1ccc([N+](=O)[O-])c(NCC(O)C(N)=O)c1. The van der Waals surface area contributed by atoms with E-state index < -0.39 is 16.9 Å². The highest BCUT2D eigenvalue weighted by molar-refractivity contribution is 5.79. The van der Waals surface area contributed by atoms with Crippen LogP contribution >= 0.6 is 0 Å². The number of nitrogens with zero attached hydrogens (tertiary/aromatic N) is 1. The topological polar surface area (TPSA) is 118 Å². The zero-order chi connectivity index (χ0) is 13.0. The maximum atomic E-state index is 10.7. The van der Waals surface area contributed by atoms with Crippen LogP contribution in [0.1, 0.15) is 5.56 Å². The summed E-state index contributed by atoms with van der Waals surface area (Å²) in [5.41, 5.74) is 5.82. The van der Waals surface area contributed by atoms with Crippen LogP contribution in [0.25, 0.3) is 0 Å². The minimum atomic E-state index is -1.38. The van der Waals surface area contributed by atoms with Crippen molar-refractivity contribution < 1.29 is 14.8 Å². The predicted octanol–water partition coefficient (Wildman–Crippen LogP) is 0.161. The van der Waals surface area contributed by atoms with Crippen molar-refractivity contribution in [2.75, 3.05) is 11.9 Å². The summed E-state index contributed by atoms with van der Waals surface area (Å²) in [6.07, 6.45) is -1.38. The van der Waals surface area contributed by atoms with Crippen molar-refractivity contribution in [1.29, 1.82) is 0 Å². The fourth-order valence-electron chi connectivity index (χ4n) is 1.26. The van der Waals surface area contributed by atoms with Crippen LogP contribution in [0.15, 0.2) is 18.2 Å². The molecule has 1 unspecified atom stereocenters. The lowest BCUT2D eigenvalue weighted by Gasteiger charge is -2.10. The second kappa shape index (κ2) is 5.26. The lowest BCUT2D eigenvalue weighted by molar-refractivity contribution is -0.384. The van der Waals surface area contributed by atoms with E-state index in [9.17, 15) is 20.0 Å². The molecule has 1 amide bonds. The Labute approximate surface area is 97.4 Å². The Morgan fingerprint density at radius 1 is 1.65 bits per heavy atom. The van der Waals surface area contributed by atoms with Crippen molar-refractivity contribution in [2.45, 2.75) is 13.0 Å². The second-order valence-corrected chi connectivity index (χ2v) is 3.58. The molecule has 92 valence electrons. The molecule has 4 N–H and O–H groups in total. The smallest absolute Gasteiger partial charge is 0.292 e. The Kier molecular flexibility index (Phi) is 4.00. The van der Waals surface area contributed by atoms with Crippen LogP contribution < -0.4 is 11.1 Å².